The highest BCUT2D eigenvalue weighted by Crippen LogP contribution is 2.27. The van der Waals surface area contributed by atoms with Crippen LogP contribution in [0.15, 0.2) is 28.1 Å². The molecule has 0 amide bonds. The molecule has 0 radical (unpaired) electrons. The number of ether oxygens (including phenoxy) is 1. The maximum absolute atomic E-state index is 5.72. The fourth-order valence-corrected chi connectivity index (χ4v) is 2.93. The van der Waals surface area contributed by atoms with E-state index in [1.807, 2.05) is 24.4 Å². The van der Waals surface area contributed by atoms with Gasteiger partial charge in [-0.15, -0.1) is 11.3 Å². The van der Waals surface area contributed by atoms with Crippen LogP contribution < -0.4 is 4.74 Å². The molecule has 0 saturated carbocycles. The minimum Gasteiger partial charge on any atom is -0.485 e. The summed E-state index contributed by atoms with van der Waals surface area (Å²) in [6.07, 6.45) is 0. The third-order valence-corrected chi connectivity index (χ3v) is 4.38. The summed E-state index contributed by atoms with van der Waals surface area (Å²) in [4.78, 5) is 4.36. The first-order valence-corrected chi connectivity index (χ1v) is 7.86. The molecule has 0 aliphatic heterocycles. The lowest BCUT2D eigenvalue weighted by Gasteiger charge is -2.07. The van der Waals surface area contributed by atoms with Crippen molar-refractivity contribution >= 4 is 43.2 Å². The molecule has 2 nitrogen and oxygen atoms in total. The van der Waals surface area contributed by atoms with Crippen LogP contribution in [0, 0.1) is 6.92 Å². The van der Waals surface area contributed by atoms with Crippen molar-refractivity contribution in [2.24, 2.45) is 0 Å². The van der Waals surface area contributed by atoms with Gasteiger partial charge in [0, 0.05) is 16.4 Å². The molecule has 1 aromatic carbocycles. The number of benzene rings is 1. The van der Waals surface area contributed by atoms with Crippen molar-refractivity contribution < 1.29 is 4.74 Å². The number of halogens is 2. The third kappa shape index (κ3) is 3.53. The van der Waals surface area contributed by atoms with Crippen LogP contribution in [0.3, 0.4) is 0 Å². The van der Waals surface area contributed by atoms with E-state index in [1.54, 1.807) is 11.3 Å². The summed E-state index contributed by atoms with van der Waals surface area (Å²) >= 11 is 8.55. The number of thiazole rings is 1. The second-order valence-corrected chi connectivity index (χ2v) is 5.93. The van der Waals surface area contributed by atoms with Gasteiger partial charge in [-0.25, -0.2) is 4.98 Å². The largest absolute Gasteiger partial charge is 0.485 e. The maximum Gasteiger partial charge on any atom is 0.140 e. The molecule has 0 fully saturated rings. The third-order valence-electron chi connectivity index (χ3n) is 2.17. The van der Waals surface area contributed by atoms with Crippen LogP contribution in [-0.2, 0) is 11.9 Å². The summed E-state index contributed by atoms with van der Waals surface area (Å²) in [6.45, 7) is 2.51. The Bertz CT molecular complexity index is 513. The Morgan fingerprint density at radius 2 is 2.24 bits per heavy atom. The van der Waals surface area contributed by atoms with E-state index in [4.69, 9.17) is 4.74 Å². The van der Waals surface area contributed by atoms with Crippen LogP contribution in [-0.4, -0.2) is 4.98 Å². The monoisotopic (exact) mass is 375 g/mol. The van der Waals surface area contributed by atoms with Crippen molar-refractivity contribution in [3.8, 4) is 5.75 Å². The zero-order chi connectivity index (χ0) is 12.3. The van der Waals surface area contributed by atoms with Gasteiger partial charge in [-0.1, -0.05) is 22.0 Å². The van der Waals surface area contributed by atoms with Gasteiger partial charge >= 0.3 is 0 Å². The molecule has 0 N–H and O–H groups in total. The minimum atomic E-state index is 0.519. The second kappa shape index (κ2) is 5.98. The topological polar surface area (TPSA) is 22.1 Å². The van der Waals surface area contributed by atoms with Crippen molar-refractivity contribution in [1.82, 2.24) is 4.98 Å². The van der Waals surface area contributed by atoms with Crippen LogP contribution in [0.4, 0.5) is 0 Å². The molecule has 0 aliphatic carbocycles. The zero-order valence-corrected chi connectivity index (χ0v) is 13.2. The molecule has 17 heavy (non-hydrogen) atoms. The van der Waals surface area contributed by atoms with Crippen LogP contribution in [0.25, 0.3) is 0 Å². The van der Waals surface area contributed by atoms with Gasteiger partial charge < -0.3 is 4.74 Å². The van der Waals surface area contributed by atoms with E-state index in [-0.39, 0.29) is 0 Å². The normalized spacial score (nSPS) is 10.5. The molecule has 2 aromatic rings. The van der Waals surface area contributed by atoms with Crippen LogP contribution >= 0.6 is 43.2 Å². The van der Waals surface area contributed by atoms with Crippen molar-refractivity contribution in [2.75, 3.05) is 0 Å². The Labute approximate surface area is 121 Å². The quantitative estimate of drug-likeness (QED) is 0.722. The Kier molecular flexibility index (Phi) is 4.59. The maximum atomic E-state index is 5.72. The average Bonchev–Trinajstić information content (AvgIpc) is 2.73. The summed E-state index contributed by atoms with van der Waals surface area (Å²) in [6, 6.07) is 6.07. The molecule has 0 bridgehead atoms. The van der Waals surface area contributed by atoms with Crippen molar-refractivity contribution in [1.29, 1.82) is 0 Å². The second-order valence-electron chi connectivity index (χ2n) is 3.57. The molecule has 0 saturated heterocycles. The summed E-state index contributed by atoms with van der Waals surface area (Å²) in [7, 11) is 0. The minimum absolute atomic E-state index is 0.519. The van der Waals surface area contributed by atoms with Gasteiger partial charge in [0.05, 0.1) is 4.47 Å². The fourth-order valence-electron chi connectivity index (χ4n) is 1.35. The first-order valence-electron chi connectivity index (χ1n) is 5.07. The van der Waals surface area contributed by atoms with Crippen LogP contribution in [0.2, 0.25) is 0 Å². The SMILES string of the molecule is Cc1csc(COc2ccc(CBr)cc2Br)n1. The molecule has 1 heterocycles. The Morgan fingerprint density at radius 3 is 2.82 bits per heavy atom. The lowest BCUT2D eigenvalue weighted by atomic mass is 10.2. The summed E-state index contributed by atoms with van der Waals surface area (Å²) in [5.41, 5.74) is 2.26. The molecular weight excluding hydrogens is 366 g/mol. The van der Waals surface area contributed by atoms with Crippen molar-refractivity contribution in [3.05, 3.63) is 44.3 Å². The number of rotatable bonds is 4. The highest BCUT2D eigenvalue weighted by atomic mass is 79.9. The van der Waals surface area contributed by atoms with Crippen LogP contribution in [0.5, 0.6) is 5.75 Å². The van der Waals surface area contributed by atoms with Crippen molar-refractivity contribution in [3.63, 3.8) is 0 Å². The lowest BCUT2D eigenvalue weighted by Crippen LogP contribution is -1.96. The van der Waals surface area contributed by atoms with Crippen LogP contribution in [0.1, 0.15) is 16.3 Å². The molecule has 5 heteroatoms. The average molecular weight is 377 g/mol. The smallest absolute Gasteiger partial charge is 0.140 e. The standard InChI is InChI=1S/C12H11Br2NOS/c1-8-7-17-12(15-8)6-16-11-3-2-9(5-13)4-10(11)14/h2-4,7H,5-6H2,1H3. The van der Waals surface area contributed by atoms with Crippen molar-refractivity contribution in [2.45, 2.75) is 18.9 Å². The summed E-state index contributed by atoms with van der Waals surface area (Å²) in [5, 5.41) is 3.87. The predicted molar refractivity (Wildman–Crippen MR) is 78.0 cm³/mol. The number of aromatic nitrogens is 1. The van der Waals surface area contributed by atoms with E-state index in [0.29, 0.717) is 6.61 Å². The van der Waals surface area contributed by atoms with E-state index < -0.39 is 0 Å². The molecule has 0 spiro atoms. The lowest BCUT2D eigenvalue weighted by molar-refractivity contribution is 0.303. The van der Waals surface area contributed by atoms with Gasteiger partial charge in [-0.2, -0.15) is 0 Å². The Balaban J connectivity index is 2.04. The summed E-state index contributed by atoms with van der Waals surface area (Å²) < 4.78 is 6.70. The van der Waals surface area contributed by atoms with Gasteiger partial charge in [0.2, 0.25) is 0 Å². The number of hydrogen-bond acceptors (Lipinski definition) is 3. The highest BCUT2D eigenvalue weighted by Gasteiger charge is 2.04. The number of aryl methyl sites for hydroxylation is 1. The van der Waals surface area contributed by atoms with Gasteiger partial charge in [0.25, 0.3) is 0 Å². The van der Waals surface area contributed by atoms with Gasteiger partial charge in [-0.05, 0) is 40.5 Å². The zero-order valence-electron chi connectivity index (χ0n) is 9.24. The summed E-state index contributed by atoms with van der Waals surface area (Å²) in [5.74, 6) is 0.850. The Hall–Kier alpha value is -0.390. The predicted octanol–water partition coefficient (Wildman–Crippen LogP) is 4.69. The van der Waals surface area contributed by atoms with E-state index in [1.165, 1.54) is 5.56 Å². The number of alkyl halides is 1. The van der Waals surface area contributed by atoms with E-state index >= 15 is 0 Å². The molecule has 0 unspecified atom stereocenters. The van der Waals surface area contributed by atoms with Gasteiger partial charge in [0.1, 0.15) is 17.4 Å². The van der Waals surface area contributed by atoms with E-state index in [9.17, 15) is 0 Å². The number of nitrogens with zero attached hydrogens (tertiary/aromatic N) is 1. The van der Waals surface area contributed by atoms with E-state index in [0.717, 1.165) is 26.3 Å². The first-order chi connectivity index (χ1) is 8.19. The molecule has 0 atom stereocenters. The molecule has 2 rings (SSSR count). The molecular formula is C12H11Br2NOS. The number of hydrogen-bond donors (Lipinski definition) is 0. The molecule has 0 aliphatic rings. The molecule has 90 valence electrons. The van der Waals surface area contributed by atoms with Gasteiger partial charge in [-0.3, -0.25) is 0 Å². The highest BCUT2D eigenvalue weighted by molar-refractivity contribution is 9.10. The fraction of sp³-hybridized carbons (Fsp3) is 0.250. The first kappa shape index (κ1) is 13.1. The van der Waals surface area contributed by atoms with E-state index in [2.05, 4.69) is 42.9 Å². The Morgan fingerprint density at radius 1 is 1.41 bits per heavy atom. The van der Waals surface area contributed by atoms with Gasteiger partial charge in [0.15, 0.2) is 0 Å². The molecule has 1 aromatic heterocycles.